The molecular weight excluding hydrogens is 926 g/mol. The number of benzene rings is 6. The molecule has 0 bridgehead atoms. The Balaban J connectivity index is 0.00000384. The summed E-state index contributed by atoms with van der Waals surface area (Å²) in [4.78, 5) is 20.8. The third-order valence-electron chi connectivity index (χ3n) is 8.10. The summed E-state index contributed by atoms with van der Waals surface area (Å²) in [6.07, 6.45) is 0. The van der Waals surface area contributed by atoms with Gasteiger partial charge in [0.15, 0.2) is 34.5 Å². The zero-order valence-electron chi connectivity index (χ0n) is 28.6. The number of hydrogen-bond acceptors (Lipinski definition) is 17. The van der Waals surface area contributed by atoms with E-state index in [1.807, 2.05) is 0 Å². The van der Waals surface area contributed by atoms with Crippen LogP contribution in [-0.4, -0.2) is 78.7 Å². The maximum absolute atomic E-state index is 12.4. The smallest absolute Gasteiger partial charge is 0.335 e. The first-order valence-electron chi connectivity index (χ1n) is 15.4. The van der Waals surface area contributed by atoms with E-state index in [0.29, 0.717) is 0 Å². The Kier molecular flexibility index (Phi) is 12.8. The molecule has 314 valence electrons. The minimum absolute atomic E-state index is 0. The summed E-state index contributed by atoms with van der Waals surface area (Å²) in [6.45, 7) is 0. The summed E-state index contributed by atoms with van der Waals surface area (Å²) in [7, 11) is -10.3. The fourth-order valence-electron chi connectivity index (χ4n) is 5.43. The van der Waals surface area contributed by atoms with Crippen LogP contribution < -0.4 is 5.32 Å². The van der Waals surface area contributed by atoms with E-state index in [0.717, 1.165) is 36.4 Å². The molecule has 0 heterocycles. The van der Waals surface area contributed by atoms with Gasteiger partial charge in [0, 0.05) is 56.3 Å². The summed E-state index contributed by atoms with van der Waals surface area (Å²) in [6, 6.07) is 12.9. The first-order chi connectivity index (χ1) is 26.6. The molecule has 2 radical (unpaired) electrons. The van der Waals surface area contributed by atoms with Gasteiger partial charge in [-0.3, -0.25) is 9.11 Å². The largest absolute Gasteiger partial charge is 0.505 e. The van der Waals surface area contributed by atoms with Crippen LogP contribution in [0.15, 0.2) is 103 Å². The molecule has 0 amide bonds. The van der Waals surface area contributed by atoms with E-state index in [9.17, 15) is 76.4 Å². The summed E-state index contributed by atoms with van der Waals surface area (Å²) >= 11 is 0. The second-order valence-electron chi connectivity index (χ2n) is 11.8. The molecule has 0 saturated heterocycles. The Bertz CT molecular complexity index is 2830. The van der Waals surface area contributed by atoms with Gasteiger partial charge >= 0.3 is 11.9 Å². The minimum Gasteiger partial charge on any atom is -0.505 e. The first-order valence-corrected chi connectivity index (χ1v) is 18.3. The van der Waals surface area contributed by atoms with E-state index in [-0.39, 0.29) is 67.1 Å². The number of fused-ring (bicyclic) bond motifs is 2. The van der Waals surface area contributed by atoms with Gasteiger partial charge < -0.3 is 46.2 Å². The van der Waals surface area contributed by atoms with Crippen LogP contribution in [0.5, 0.6) is 34.5 Å². The topological polar surface area (TPSA) is 366 Å². The van der Waals surface area contributed by atoms with Crippen LogP contribution in [0, 0.1) is 0 Å². The van der Waals surface area contributed by atoms with Crippen molar-refractivity contribution in [2.45, 2.75) is 9.79 Å². The SMILES string of the molecule is O=C(O)c1cc(O)c(O)c(N=Nc2c(S(=O)(=O)O)cc3cc(Nc4ccc5c(O)c(N=Nc6cc(C(=O)O)cc(O)c6O)c(S(=O)(=O)O)cc5c4)ccc3c2O)c1.[Cu].[Cu]. The number of nitrogens with zero attached hydrogens (tertiary/aromatic N) is 4. The summed E-state index contributed by atoms with van der Waals surface area (Å²) in [5.41, 5.74) is -3.45. The Morgan fingerprint density at radius 2 is 0.847 bits per heavy atom. The molecule has 0 spiro atoms. The molecule has 6 aromatic rings. The average Bonchev–Trinajstić information content (AvgIpc) is 3.12. The molecule has 0 atom stereocenters. The minimum atomic E-state index is -5.14. The van der Waals surface area contributed by atoms with Gasteiger partial charge in [-0.05, 0) is 83.6 Å². The zero-order valence-corrected chi connectivity index (χ0v) is 32.1. The van der Waals surface area contributed by atoms with E-state index in [1.54, 1.807) is 0 Å². The van der Waals surface area contributed by atoms with Gasteiger partial charge in [-0.1, -0.05) is 0 Å². The maximum atomic E-state index is 12.4. The van der Waals surface area contributed by atoms with Gasteiger partial charge in [-0.15, -0.1) is 20.5 Å². The summed E-state index contributed by atoms with van der Waals surface area (Å²) < 4.78 is 69.5. The molecule has 59 heavy (non-hydrogen) atoms. The van der Waals surface area contributed by atoms with Crippen LogP contribution in [-0.2, 0) is 54.4 Å². The van der Waals surface area contributed by atoms with Crippen molar-refractivity contribution in [2.24, 2.45) is 20.5 Å². The van der Waals surface area contributed by atoms with Crippen molar-refractivity contribution in [2.75, 3.05) is 5.32 Å². The number of aromatic hydroxyl groups is 6. The predicted octanol–water partition coefficient (Wildman–Crippen LogP) is 6.69. The predicted molar refractivity (Wildman–Crippen MR) is 196 cm³/mol. The Morgan fingerprint density at radius 1 is 0.492 bits per heavy atom. The van der Waals surface area contributed by atoms with Gasteiger partial charge in [-0.2, -0.15) is 16.8 Å². The van der Waals surface area contributed by atoms with Crippen molar-refractivity contribution in [3.63, 3.8) is 0 Å². The molecule has 6 aromatic carbocycles. The molecule has 25 heteroatoms. The number of rotatable bonds is 10. The van der Waals surface area contributed by atoms with Crippen molar-refractivity contribution in [1.82, 2.24) is 0 Å². The van der Waals surface area contributed by atoms with Crippen molar-refractivity contribution < 1.29 is 111 Å². The van der Waals surface area contributed by atoms with Gasteiger partial charge in [0.2, 0.25) is 0 Å². The molecule has 0 unspecified atom stereocenters. The second-order valence-corrected chi connectivity index (χ2v) is 14.6. The van der Waals surface area contributed by atoms with Gasteiger partial charge in [0.1, 0.15) is 32.5 Å². The number of carbonyl (C=O) groups is 2. The Morgan fingerprint density at radius 3 is 1.17 bits per heavy atom. The molecule has 0 aromatic heterocycles. The third kappa shape index (κ3) is 9.12. The van der Waals surface area contributed by atoms with Gasteiger partial charge in [0.05, 0.1) is 11.1 Å². The second kappa shape index (κ2) is 16.7. The van der Waals surface area contributed by atoms with E-state index < -0.39 is 110 Å². The standard InChI is InChI=1S/C34H23N5O16S2.2Cu/c40-23-9-15(33(46)47)7-21(31(23)44)36-38-27-25(56(50,51)52)11-13-5-17(1-3-19(13)29(27)42)35-18-2-4-20-14(6-18)12-26(57(53,54)55)28(30(20)43)39-37-22-8-16(34(48)49)10-24(41)32(22)45;;/h1-12,35,40-45H,(H,46,47)(H,48,49)(H,50,51,52)(H,53,54,55);;. The third-order valence-corrected chi connectivity index (χ3v) is 9.83. The van der Waals surface area contributed by atoms with Crippen LogP contribution in [0.25, 0.3) is 21.5 Å². The monoisotopic (exact) mass is 947 g/mol. The first kappa shape index (κ1) is 45.1. The molecule has 11 N–H and O–H groups in total. The molecule has 6 rings (SSSR count). The van der Waals surface area contributed by atoms with Crippen molar-refractivity contribution in [3.05, 3.63) is 83.9 Å². The number of aromatic carboxylic acids is 2. The zero-order chi connectivity index (χ0) is 41.7. The number of phenolic OH excluding ortho intramolecular Hbond substituents is 6. The van der Waals surface area contributed by atoms with Crippen molar-refractivity contribution >= 4 is 87.8 Å². The van der Waals surface area contributed by atoms with E-state index in [4.69, 9.17) is 0 Å². The molecular formula is C34H23Cu2N5O16S2. The maximum Gasteiger partial charge on any atom is 0.335 e. The number of hydrogen-bond donors (Lipinski definition) is 11. The fraction of sp³-hybridized carbons (Fsp3) is 0. The van der Waals surface area contributed by atoms with Crippen molar-refractivity contribution in [3.8, 4) is 34.5 Å². The molecule has 21 nitrogen and oxygen atoms in total. The van der Waals surface area contributed by atoms with Crippen LogP contribution in [0.4, 0.5) is 34.1 Å². The number of nitrogens with one attached hydrogen (secondary N) is 1. The van der Waals surface area contributed by atoms with Crippen LogP contribution in [0.1, 0.15) is 20.7 Å². The van der Waals surface area contributed by atoms with Gasteiger partial charge in [0.25, 0.3) is 20.2 Å². The number of carboxylic acids is 2. The number of anilines is 2. The molecule has 0 aliphatic rings. The molecule has 0 fully saturated rings. The molecule has 0 aliphatic carbocycles. The number of azo groups is 2. The van der Waals surface area contributed by atoms with E-state index >= 15 is 0 Å². The number of phenols is 6. The molecule has 0 saturated carbocycles. The van der Waals surface area contributed by atoms with Crippen LogP contribution in [0.2, 0.25) is 0 Å². The summed E-state index contributed by atoms with van der Waals surface area (Å²) in [5, 5.41) is 97.8. The fourth-order valence-corrected chi connectivity index (χ4v) is 6.74. The molecule has 0 aliphatic heterocycles. The average molecular weight is 949 g/mol. The van der Waals surface area contributed by atoms with Gasteiger partial charge in [-0.25, -0.2) is 9.59 Å². The summed E-state index contributed by atoms with van der Waals surface area (Å²) in [5.74, 6) is -8.26. The van der Waals surface area contributed by atoms with Crippen LogP contribution in [0.3, 0.4) is 0 Å². The number of carboxylic acid groups (broad SMARTS) is 2. The quantitative estimate of drug-likeness (QED) is 0.0295. The Labute approximate surface area is 350 Å². The van der Waals surface area contributed by atoms with Crippen LogP contribution >= 0.6 is 0 Å². The normalized spacial score (nSPS) is 11.8. The van der Waals surface area contributed by atoms with E-state index in [1.165, 1.54) is 36.4 Å². The van der Waals surface area contributed by atoms with E-state index in [2.05, 4.69) is 25.8 Å². The van der Waals surface area contributed by atoms with Crippen molar-refractivity contribution in [1.29, 1.82) is 0 Å². The Hall–Kier alpha value is -6.56.